The number of carbonyl (C=O) groups excluding carboxylic acids is 1. The van der Waals surface area contributed by atoms with Gasteiger partial charge in [-0.1, -0.05) is 0 Å². The summed E-state index contributed by atoms with van der Waals surface area (Å²) in [5.41, 5.74) is 0.870. The van der Waals surface area contributed by atoms with Crippen LogP contribution in [0.2, 0.25) is 0 Å². The minimum absolute atomic E-state index is 0.0330. The molecule has 14 heavy (non-hydrogen) atoms. The van der Waals surface area contributed by atoms with Crippen LogP contribution in [0, 0.1) is 6.92 Å². The fourth-order valence-electron chi connectivity index (χ4n) is 1.72. The van der Waals surface area contributed by atoms with E-state index in [4.69, 9.17) is 9.15 Å². The van der Waals surface area contributed by atoms with Crippen LogP contribution in [-0.4, -0.2) is 25.0 Å². The van der Waals surface area contributed by atoms with Crippen molar-refractivity contribution in [3.05, 3.63) is 17.6 Å². The number of Topliss-reactive ketones (excluding diaryl/α,β-unsaturated/α-hetero) is 1. The molecule has 4 nitrogen and oxygen atoms in total. The van der Waals surface area contributed by atoms with Gasteiger partial charge in [0.2, 0.25) is 11.5 Å². The third-order valence-corrected chi connectivity index (χ3v) is 2.51. The van der Waals surface area contributed by atoms with Crippen molar-refractivity contribution in [3.63, 3.8) is 0 Å². The minimum atomic E-state index is -0.312. The number of hydrogen-bond donors (Lipinski definition) is 1. The lowest BCUT2D eigenvalue weighted by atomic mass is 10.0. The van der Waals surface area contributed by atoms with Crippen molar-refractivity contribution in [2.24, 2.45) is 0 Å². The monoisotopic (exact) mass is 195 g/mol. The molecule has 0 aliphatic carbocycles. The molecule has 0 saturated heterocycles. The van der Waals surface area contributed by atoms with Gasteiger partial charge in [-0.3, -0.25) is 4.79 Å². The third kappa shape index (κ3) is 1.14. The van der Waals surface area contributed by atoms with Gasteiger partial charge in [0.1, 0.15) is 12.1 Å². The number of aryl methyl sites for hydroxylation is 1. The van der Waals surface area contributed by atoms with E-state index in [0.717, 1.165) is 5.56 Å². The normalized spacial score (nSPS) is 25.8. The summed E-state index contributed by atoms with van der Waals surface area (Å²) in [6, 6.07) is -0.312. The van der Waals surface area contributed by atoms with Crippen LogP contribution in [0.4, 0.5) is 0 Å². The molecule has 2 unspecified atom stereocenters. The lowest BCUT2D eigenvalue weighted by Gasteiger charge is -2.27. The zero-order chi connectivity index (χ0) is 10.3. The van der Waals surface area contributed by atoms with Gasteiger partial charge in [-0.05, 0) is 20.9 Å². The molecule has 0 fully saturated rings. The van der Waals surface area contributed by atoms with Gasteiger partial charge < -0.3 is 14.5 Å². The molecule has 4 heteroatoms. The average Bonchev–Trinajstić information content (AvgIpc) is 2.49. The van der Waals surface area contributed by atoms with Crippen molar-refractivity contribution in [2.75, 3.05) is 7.05 Å². The van der Waals surface area contributed by atoms with Gasteiger partial charge in [-0.15, -0.1) is 0 Å². The standard InChI is InChI=1S/C10H13NO3/c1-5-4-13-10-8(12)7(11-3)6(2)14-9(5)10/h4,6-7,11H,1-3H3. The fourth-order valence-corrected chi connectivity index (χ4v) is 1.72. The Morgan fingerprint density at radius 1 is 1.50 bits per heavy atom. The Kier molecular flexibility index (Phi) is 2.07. The maximum Gasteiger partial charge on any atom is 0.222 e. The van der Waals surface area contributed by atoms with Crippen LogP contribution < -0.4 is 10.1 Å². The van der Waals surface area contributed by atoms with Crippen LogP contribution in [0.3, 0.4) is 0 Å². The molecule has 2 atom stereocenters. The van der Waals surface area contributed by atoms with E-state index in [0.29, 0.717) is 11.5 Å². The average molecular weight is 195 g/mol. The zero-order valence-electron chi connectivity index (χ0n) is 8.46. The molecule has 0 aromatic carbocycles. The molecule has 1 aromatic rings. The summed E-state index contributed by atoms with van der Waals surface area (Å²) in [5, 5.41) is 2.92. The Hall–Kier alpha value is -1.29. The van der Waals surface area contributed by atoms with Crippen LogP contribution in [0.25, 0.3) is 0 Å². The summed E-state index contributed by atoms with van der Waals surface area (Å²) < 4.78 is 10.8. The fraction of sp³-hybridized carbons (Fsp3) is 0.500. The Morgan fingerprint density at radius 2 is 2.21 bits per heavy atom. The number of ketones is 1. The summed E-state index contributed by atoms with van der Waals surface area (Å²) >= 11 is 0. The van der Waals surface area contributed by atoms with E-state index < -0.39 is 0 Å². The Bertz CT molecular complexity index is 369. The van der Waals surface area contributed by atoms with Crippen molar-refractivity contribution in [3.8, 4) is 5.75 Å². The van der Waals surface area contributed by atoms with Gasteiger partial charge in [-0.2, -0.15) is 0 Å². The highest BCUT2D eigenvalue weighted by molar-refractivity contribution is 6.01. The third-order valence-electron chi connectivity index (χ3n) is 2.51. The number of rotatable bonds is 1. The maximum atomic E-state index is 11.8. The molecule has 2 rings (SSSR count). The van der Waals surface area contributed by atoms with E-state index >= 15 is 0 Å². The smallest absolute Gasteiger partial charge is 0.222 e. The first-order chi connectivity index (χ1) is 6.65. The number of carbonyl (C=O) groups is 1. The van der Waals surface area contributed by atoms with Crippen molar-refractivity contribution in [1.29, 1.82) is 0 Å². The molecule has 1 aromatic heterocycles. The SMILES string of the molecule is CNC1C(=O)c2occ(C)c2OC1C. The molecule has 2 heterocycles. The predicted molar refractivity (Wildman–Crippen MR) is 50.7 cm³/mol. The maximum absolute atomic E-state index is 11.8. The van der Waals surface area contributed by atoms with E-state index in [-0.39, 0.29) is 17.9 Å². The Balaban J connectivity index is 2.45. The number of likely N-dealkylation sites (N-methyl/N-ethyl adjacent to an activating group) is 1. The first-order valence-corrected chi connectivity index (χ1v) is 4.61. The lowest BCUT2D eigenvalue weighted by molar-refractivity contribution is 0.0738. The molecule has 1 aliphatic rings. The number of hydrogen-bond acceptors (Lipinski definition) is 4. The Labute approximate surface area is 82.2 Å². The van der Waals surface area contributed by atoms with Crippen molar-refractivity contribution >= 4 is 5.78 Å². The molecule has 0 amide bonds. The topological polar surface area (TPSA) is 51.5 Å². The molecule has 0 spiro atoms. The molecular formula is C10H13NO3. The summed E-state index contributed by atoms with van der Waals surface area (Å²) in [6.07, 6.45) is 1.39. The largest absolute Gasteiger partial charge is 0.484 e. The van der Waals surface area contributed by atoms with Crippen molar-refractivity contribution in [2.45, 2.75) is 26.0 Å². The summed E-state index contributed by atoms with van der Waals surface area (Å²) in [7, 11) is 1.74. The van der Waals surface area contributed by atoms with Gasteiger partial charge in [-0.25, -0.2) is 0 Å². The number of fused-ring (bicyclic) bond motifs is 1. The second-order valence-corrected chi connectivity index (χ2v) is 3.53. The number of nitrogens with one attached hydrogen (secondary N) is 1. The first kappa shape index (κ1) is 9.27. The first-order valence-electron chi connectivity index (χ1n) is 4.61. The van der Waals surface area contributed by atoms with Crippen LogP contribution in [-0.2, 0) is 0 Å². The quantitative estimate of drug-likeness (QED) is 0.730. The van der Waals surface area contributed by atoms with E-state index in [2.05, 4.69) is 5.32 Å². The van der Waals surface area contributed by atoms with Crippen molar-refractivity contribution < 1.29 is 13.9 Å². The molecule has 0 radical (unpaired) electrons. The summed E-state index contributed by atoms with van der Waals surface area (Å²) in [4.78, 5) is 11.8. The molecule has 0 saturated carbocycles. The number of furan rings is 1. The molecule has 1 aliphatic heterocycles. The van der Waals surface area contributed by atoms with E-state index in [9.17, 15) is 4.79 Å². The Morgan fingerprint density at radius 3 is 2.86 bits per heavy atom. The van der Waals surface area contributed by atoms with Crippen LogP contribution in [0.1, 0.15) is 23.0 Å². The second kappa shape index (κ2) is 3.13. The van der Waals surface area contributed by atoms with Crippen LogP contribution in [0.15, 0.2) is 10.7 Å². The van der Waals surface area contributed by atoms with Crippen LogP contribution >= 0.6 is 0 Å². The second-order valence-electron chi connectivity index (χ2n) is 3.53. The molecule has 76 valence electrons. The van der Waals surface area contributed by atoms with E-state index in [1.165, 1.54) is 0 Å². The minimum Gasteiger partial charge on any atom is -0.484 e. The van der Waals surface area contributed by atoms with Gasteiger partial charge in [0.15, 0.2) is 5.75 Å². The molecular weight excluding hydrogens is 182 g/mol. The van der Waals surface area contributed by atoms with Crippen molar-refractivity contribution in [1.82, 2.24) is 5.32 Å². The van der Waals surface area contributed by atoms with Gasteiger partial charge in [0.05, 0.1) is 6.26 Å². The van der Waals surface area contributed by atoms with Gasteiger partial charge in [0, 0.05) is 5.56 Å². The van der Waals surface area contributed by atoms with Gasteiger partial charge >= 0.3 is 0 Å². The highest BCUT2D eigenvalue weighted by Gasteiger charge is 2.37. The van der Waals surface area contributed by atoms with E-state index in [1.54, 1.807) is 13.3 Å². The van der Waals surface area contributed by atoms with Gasteiger partial charge in [0.25, 0.3) is 0 Å². The molecule has 1 N–H and O–H groups in total. The highest BCUT2D eigenvalue weighted by atomic mass is 16.5. The summed E-state index contributed by atoms with van der Waals surface area (Å²) in [6.45, 7) is 3.73. The summed E-state index contributed by atoms with van der Waals surface area (Å²) in [5.74, 6) is 0.892. The highest BCUT2D eigenvalue weighted by Crippen LogP contribution is 2.32. The van der Waals surface area contributed by atoms with E-state index in [1.807, 2.05) is 13.8 Å². The predicted octanol–water partition coefficient (Wildman–Crippen LogP) is 1.14. The lowest BCUT2D eigenvalue weighted by Crippen LogP contribution is -2.48. The zero-order valence-corrected chi connectivity index (χ0v) is 8.46. The number of ether oxygens (including phenoxy) is 1. The van der Waals surface area contributed by atoms with Crippen LogP contribution in [0.5, 0.6) is 5.75 Å². The molecule has 0 bridgehead atoms.